The van der Waals surface area contributed by atoms with Crippen molar-refractivity contribution in [2.75, 3.05) is 5.32 Å². The van der Waals surface area contributed by atoms with Gasteiger partial charge in [0, 0.05) is 4.90 Å². The summed E-state index contributed by atoms with van der Waals surface area (Å²) in [7, 11) is 0. The Morgan fingerprint density at radius 1 is 1.04 bits per heavy atom. The first-order valence-corrected chi connectivity index (χ1v) is 7.38. The summed E-state index contributed by atoms with van der Waals surface area (Å²) in [4.78, 5) is 13.4. The average Bonchev–Trinajstić information content (AvgIpc) is 2.48. The van der Waals surface area contributed by atoms with E-state index in [-0.39, 0.29) is 11.7 Å². The molecule has 3 rings (SSSR count). The second kappa shape index (κ2) is 6.00. The monoisotopic (exact) mass is 337 g/mol. The van der Waals surface area contributed by atoms with Crippen LogP contribution in [-0.2, 0) is 4.79 Å². The van der Waals surface area contributed by atoms with Gasteiger partial charge in [-0.15, -0.1) is 13.2 Å². The lowest BCUT2D eigenvalue weighted by molar-refractivity contribution is -0.274. The van der Waals surface area contributed by atoms with Crippen LogP contribution in [0.5, 0.6) is 5.75 Å². The number of amides is 1. The van der Waals surface area contributed by atoms with Crippen LogP contribution in [0.1, 0.15) is 5.56 Å². The van der Waals surface area contributed by atoms with Gasteiger partial charge in [-0.05, 0) is 35.9 Å². The third-order valence-electron chi connectivity index (χ3n) is 2.99. The predicted molar refractivity (Wildman–Crippen MR) is 82.0 cm³/mol. The van der Waals surface area contributed by atoms with Crippen molar-refractivity contribution >= 4 is 29.4 Å². The number of carbonyl (C=O) groups excluding carboxylic acids is 1. The Morgan fingerprint density at radius 3 is 2.43 bits per heavy atom. The number of thioether (sulfide) groups is 1. The zero-order chi connectivity index (χ0) is 16.4. The third kappa shape index (κ3) is 3.87. The Morgan fingerprint density at radius 2 is 1.74 bits per heavy atom. The number of fused-ring (bicyclic) bond motifs is 1. The third-order valence-corrected chi connectivity index (χ3v) is 4.09. The van der Waals surface area contributed by atoms with E-state index < -0.39 is 6.36 Å². The van der Waals surface area contributed by atoms with Crippen LogP contribution in [0, 0.1) is 0 Å². The molecule has 0 bridgehead atoms. The lowest BCUT2D eigenvalue weighted by Crippen LogP contribution is -2.17. The Labute approximate surface area is 134 Å². The quantitative estimate of drug-likeness (QED) is 0.809. The number of alkyl halides is 3. The van der Waals surface area contributed by atoms with Crippen molar-refractivity contribution in [1.82, 2.24) is 0 Å². The molecule has 0 saturated heterocycles. The topological polar surface area (TPSA) is 38.3 Å². The molecule has 2 aromatic carbocycles. The molecule has 0 saturated carbocycles. The minimum Gasteiger partial charge on any atom is -0.406 e. The van der Waals surface area contributed by atoms with Gasteiger partial charge in [-0.3, -0.25) is 4.79 Å². The maximum atomic E-state index is 12.1. The van der Waals surface area contributed by atoms with Crippen molar-refractivity contribution in [2.45, 2.75) is 11.3 Å². The predicted octanol–water partition coefficient (Wildman–Crippen LogP) is 4.67. The fourth-order valence-corrected chi connectivity index (χ4v) is 2.97. The van der Waals surface area contributed by atoms with Crippen molar-refractivity contribution < 1.29 is 22.7 Å². The number of halogens is 3. The minimum absolute atomic E-state index is 0.246. The van der Waals surface area contributed by atoms with Crippen LogP contribution in [-0.4, -0.2) is 12.3 Å². The SMILES string of the molecule is O=C1Nc2ccccc2SC1=Cc1ccc(OC(F)(F)F)cc1. The summed E-state index contributed by atoms with van der Waals surface area (Å²) in [5, 5.41) is 2.77. The van der Waals surface area contributed by atoms with Gasteiger partial charge in [0.05, 0.1) is 10.6 Å². The van der Waals surface area contributed by atoms with Gasteiger partial charge in [0.25, 0.3) is 5.91 Å². The summed E-state index contributed by atoms with van der Waals surface area (Å²) in [5.41, 5.74) is 1.35. The fourth-order valence-electron chi connectivity index (χ4n) is 2.02. The van der Waals surface area contributed by atoms with E-state index in [1.165, 1.54) is 36.0 Å². The van der Waals surface area contributed by atoms with Crippen LogP contribution in [0.25, 0.3) is 6.08 Å². The van der Waals surface area contributed by atoms with E-state index in [9.17, 15) is 18.0 Å². The Balaban J connectivity index is 1.80. The van der Waals surface area contributed by atoms with Crippen LogP contribution < -0.4 is 10.1 Å². The first kappa shape index (κ1) is 15.5. The number of carbonyl (C=O) groups is 1. The van der Waals surface area contributed by atoms with E-state index in [1.54, 1.807) is 12.1 Å². The van der Waals surface area contributed by atoms with Crippen LogP contribution in [0.15, 0.2) is 58.3 Å². The molecule has 3 nitrogen and oxygen atoms in total. The van der Waals surface area contributed by atoms with E-state index in [2.05, 4.69) is 10.1 Å². The number of hydrogen-bond acceptors (Lipinski definition) is 3. The maximum Gasteiger partial charge on any atom is 0.573 e. The van der Waals surface area contributed by atoms with E-state index in [0.29, 0.717) is 10.5 Å². The van der Waals surface area contributed by atoms with Gasteiger partial charge in [0.15, 0.2) is 0 Å². The number of anilines is 1. The highest BCUT2D eigenvalue weighted by Gasteiger charge is 2.31. The van der Waals surface area contributed by atoms with Gasteiger partial charge in [0.1, 0.15) is 5.75 Å². The minimum atomic E-state index is -4.72. The van der Waals surface area contributed by atoms with E-state index >= 15 is 0 Å². The van der Waals surface area contributed by atoms with Crippen LogP contribution in [0.4, 0.5) is 18.9 Å². The largest absolute Gasteiger partial charge is 0.573 e. The highest BCUT2D eigenvalue weighted by atomic mass is 32.2. The first-order chi connectivity index (χ1) is 10.9. The molecule has 1 aliphatic heterocycles. The summed E-state index contributed by atoms with van der Waals surface area (Å²) >= 11 is 1.31. The first-order valence-electron chi connectivity index (χ1n) is 6.56. The lowest BCUT2D eigenvalue weighted by Gasteiger charge is -2.18. The average molecular weight is 337 g/mol. The number of para-hydroxylation sites is 1. The summed E-state index contributed by atoms with van der Waals surface area (Å²) in [6.07, 6.45) is -3.10. The van der Waals surface area contributed by atoms with E-state index in [0.717, 1.165) is 10.6 Å². The summed E-state index contributed by atoms with van der Waals surface area (Å²) in [6.45, 7) is 0. The zero-order valence-electron chi connectivity index (χ0n) is 11.6. The van der Waals surface area contributed by atoms with Crippen molar-refractivity contribution in [1.29, 1.82) is 0 Å². The van der Waals surface area contributed by atoms with Gasteiger partial charge in [-0.25, -0.2) is 0 Å². The van der Waals surface area contributed by atoms with Crippen LogP contribution in [0.2, 0.25) is 0 Å². The summed E-state index contributed by atoms with van der Waals surface area (Å²) in [6, 6.07) is 12.7. The summed E-state index contributed by atoms with van der Waals surface area (Å²) < 4.78 is 40.2. The van der Waals surface area contributed by atoms with Gasteiger partial charge in [-0.2, -0.15) is 0 Å². The molecule has 2 aromatic rings. The molecule has 118 valence electrons. The molecule has 0 unspecified atom stereocenters. The zero-order valence-corrected chi connectivity index (χ0v) is 12.4. The van der Waals surface area contributed by atoms with E-state index in [1.807, 2.05) is 18.2 Å². The second-order valence-electron chi connectivity index (χ2n) is 4.68. The molecule has 1 amide bonds. The number of rotatable bonds is 2. The molecular formula is C16H10F3NO2S. The Hall–Kier alpha value is -2.41. The van der Waals surface area contributed by atoms with Gasteiger partial charge in [0.2, 0.25) is 0 Å². The smallest absolute Gasteiger partial charge is 0.406 e. The fraction of sp³-hybridized carbons (Fsp3) is 0.0625. The normalized spacial score (nSPS) is 16.0. The Bertz CT molecular complexity index is 770. The molecule has 23 heavy (non-hydrogen) atoms. The highest BCUT2D eigenvalue weighted by molar-refractivity contribution is 8.04. The molecule has 0 spiro atoms. The van der Waals surface area contributed by atoms with Crippen molar-refractivity contribution in [3.63, 3.8) is 0 Å². The standard InChI is InChI=1S/C16H10F3NO2S/c17-16(18,19)22-11-7-5-10(6-8-11)9-14-15(21)20-12-3-1-2-4-13(12)23-14/h1-9H,(H,20,21). The number of hydrogen-bond donors (Lipinski definition) is 1. The van der Waals surface area contributed by atoms with Crippen LogP contribution in [0.3, 0.4) is 0 Å². The molecule has 0 radical (unpaired) electrons. The summed E-state index contributed by atoms with van der Waals surface area (Å²) in [5.74, 6) is -0.546. The van der Waals surface area contributed by atoms with Crippen molar-refractivity contribution in [2.24, 2.45) is 0 Å². The van der Waals surface area contributed by atoms with Crippen molar-refractivity contribution in [3.05, 3.63) is 59.0 Å². The molecule has 0 fully saturated rings. The van der Waals surface area contributed by atoms with Gasteiger partial charge in [-0.1, -0.05) is 36.0 Å². The van der Waals surface area contributed by atoms with Crippen LogP contribution >= 0.6 is 11.8 Å². The number of nitrogens with one attached hydrogen (secondary N) is 1. The number of benzene rings is 2. The molecule has 1 aliphatic rings. The molecule has 1 N–H and O–H groups in total. The second-order valence-corrected chi connectivity index (χ2v) is 5.76. The molecule has 0 aliphatic carbocycles. The molecule has 0 aromatic heterocycles. The van der Waals surface area contributed by atoms with Crippen molar-refractivity contribution in [3.8, 4) is 5.75 Å². The van der Waals surface area contributed by atoms with E-state index in [4.69, 9.17) is 0 Å². The van der Waals surface area contributed by atoms with Gasteiger partial charge < -0.3 is 10.1 Å². The maximum absolute atomic E-state index is 12.1. The number of ether oxygens (including phenoxy) is 1. The molecular weight excluding hydrogens is 327 g/mol. The molecule has 7 heteroatoms. The highest BCUT2D eigenvalue weighted by Crippen LogP contribution is 2.38. The van der Waals surface area contributed by atoms with Gasteiger partial charge >= 0.3 is 6.36 Å². The molecule has 0 atom stereocenters. The lowest BCUT2D eigenvalue weighted by atomic mass is 10.2. The Kier molecular flexibility index (Phi) is 4.04. The molecule has 1 heterocycles.